The lowest BCUT2D eigenvalue weighted by Gasteiger charge is -2.27. The van der Waals surface area contributed by atoms with Crippen LogP contribution in [0.4, 0.5) is 13.2 Å². The second kappa shape index (κ2) is 11.4. The molecule has 1 aliphatic rings. The zero-order valence-corrected chi connectivity index (χ0v) is 18.6. The van der Waals surface area contributed by atoms with E-state index in [-0.39, 0.29) is 17.5 Å². The largest absolute Gasteiger partial charge is 0.491 e. The highest BCUT2D eigenvalue weighted by atomic mass is 19.2. The maximum atomic E-state index is 14.5. The summed E-state index contributed by atoms with van der Waals surface area (Å²) < 4.78 is 48.2. The Kier molecular flexibility index (Phi) is 8.62. The Bertz CT molecular complexity index is 882. The number of benzene rings is 2. The molecule has 1 nitrogen and oxygen atoms in total. The molecule has 0 amide bonds. The highest BCUT2D eigenvalue weighted by molar-refractivity contribution is 5.50. The van der Waals surface area contributed by atoms with Crippen molar-refractivity contribution in [2.45, 2.75) is 71.1 Å². The lowest BCUT2D eigenvalue weighted by molar-refractivity contribution is 0.310. The number of halogens is 3. The Morgan fingerprint density at radius 1 is 0.935 bits per heavy atom. The third-order valence-electron chi connectivity index (χ3n) is 6.28. The fraction of sp³-hybridized carbons (Fsp3) is 0.481. The van der Waals surface area contributed by atoms with Crippen LogP contribution < -0.4 is 4.74 Å². The second-order valence-corrected chi connectivity index (χ2v) is 8.49. The number of hydrogen-bond donors (Lipinski definition) is 0. The van der Waals surface area contributed by atoms with Crippen LogP contribution in [-0.4, -0.2) is 6.61 Å². The number of unbranched alkanes of at least 4 members (excludes halogenated alkanes) is 2. The maximum Gasteiger partial charge on any atom is 0.200 e. The second-order valence-electron chi connectivity index (χ2n) is 8.49. The van der Waals surface area contributed by atoms with E-state index in [0.29, 0.717) is 18.1 Å². The van der Waals surface area contributed by atoms with Crippen LogP contribution in [0.5, 0.6) is 5.75 Å². The van der Waals surface area contributed by atoms with Gasteiger partial charge in [-0.25, -0.2) is 8.78 Å². The predicted molar refractivity (Wildman–Crippen MR) is 121 cm³/mol. The van der Waals surface area contributed by atoms with Crippen molar-refractivity contribution in [3.8, 4) is 5.75 Å². The molecule has 0 heterocycles. The monoisotopic (exact) mass is 430 g/mol. The average Bonchev–Trinajstić information content (AvgIpc) is 2.78. The first kappa shape index (κ1) is 23.4. The van der Waals surface area contributed by atoms with Gasteiger partial charge in [-0.1, -0.05) is 50.1 Å². The van der Waals surface area contributed by atoms with Crippen molar-refractivity contribution in [3.05, 3.63) is 70.5 Å². The van der Waals surface area contributed by atoms with E-state index >= 15 is 0 Å². The molecule has 0 aromatic heterocycles. The van der Waals surface area contributed by atoms with Crippen molar-refractivity contribution in [2.75, 3.05) is 6.61 Å². The van der Waals surface area contributed by atoms with Gasteiger partial charge in [0.15, 0.2) is 11.6 Å². The Morgan fingerprint density at radius 2 is 1.71 bits per heavy atom. The van der Waals surface area contributed by atoms with E-state index in [4.69, 9.17) is 4.74 Å². The molecule has 3 rings (SSSR count). The first-order valence-electron chi connectivity index (χ1n) is 11.6. The Morgan fingerprint density at radius 3 is 2.39 bits per heavy atom. The van der Waals surface area contributed by atoms with E-state index in [9.17, 15) is 13.2 Å². The summed E-state index contributed by atoms with van der Waals surface area (Å²) in [4.78, 5) is 0. The minimum atomic E-state index is -0.887. The van der Waals surface area contributed by atoms with Crippen molar-refractivity contribution in [2.24, 2.45) is 5.92 Å². The summed E-state index contributed by atoms with van der Waals surface area (Å²) in [6.45, 7) is 4.19. The van der Waals surface area contributed by atoms with Crippen LogP contribution >= 0.6 is 0 Å². The van der Waals surface area contributed by atoms with Gasteiger partial charge in [0.1, 0.15) is 5.82 Å². The summed E-state index contributed by atoms with van der Waals surface area (Å²) in [5.74, 6) is -1.42. The molecule has 0 spiro atoms. The summed E-state index contributed by atoms with van der Waals surface area (Å²) in [6, 6.07) is 8.68. The van der Waals surface area contributed by atoms with E-state index < -0.39 is 11.6 Å². The topological polar surface area (TPSA) is 9.23 Å². The molecule has 0 bridgehead atoms. The number of aryl methyl sites for hydroxylation is 1. The van der Waals surface area contributed by atoms with Gasteiger partial charge >= 0.3 is 0 Å². The molecule has 31 heavy (non-hydrogen) atoms. The summed E-state index contributed by atoms with van der Waals surface area (Å²) in [5, 5.41) is 0. The van der Waals surface area contributed by atoms with Crippen LogP contribution in [0, 0.1) is 23.4 Å². The minimum Gasteiger partial charge on any atom is -0.491 e. The third-order valence-corrected chi connectivity index (χ3v) is 6.28. The lowest BCUT2D eigenvalue weighted by atomic mass is 9.78. The van der Waals surface area contributed by atoms with Crippen molar-refractivity contribution in [1.82, 2.24) is 0 Å². The predicted octanol–water partition coefficient (Wildman–Crippen LogP) is 8.22. The minimum absolute atomic E-state index is 0.0228. The van der Waals surface area contributed by atoms with Crippen LogP contribution in [0.25, 0.3) is 6.08 Å². The van der Waals surface area contributed by atoms with Gasteiger partial charge in [-0.3, -0.25) is 0 Å². The smallest absolute Gasteiger partial charge is 0.200 e. The first-order chi connectivity index (χ1) is 15.0. The van der Waals surface area contributed by atoms with E-state index in [2.05, 4.69) is 13.0 Å². The third kappa shape index (κ3) is 6.15. The molecule has 0 radical (unpaired) electrons. The van der Waals surface area contributed by atoms with E-state index in [1.807, 2.05) is 18.2 Å². The Balaban J connectivity index is 1.56. The van der Waals surface area contributed by atoms with Crippen molar-refractivity contribution in [1.29, 1.82) is 0 Å². The SMILES string of the molecule is CCCCCc1ccc(C=CC2CCC(c3ccc(OCC)c(F)c3F)CC2)cc1F. The van der Waals surface area contributed by atoms with E-state index in [1.54, 1.807) is 19.1 Å². The fourth-order valence-corrected chi connectivity index (χ4v) is 4.43. The molecule has 4 heteroatoms. The van der Waals surface area contributed by atoms with E-state index in [0.717, 1.165) is 62.5 Å². The number of rotatable bonds is 9. The molecule has 1 aliphatic carbocycles. The zero-order valence-electron chi connectivity index (χ0n) is 18.6. The number of hydrogen-bond acceptors (Lipinski definition) is 1. The molecule has 168 valence electrons. The quantitative estimate of drug-likeness (QED) is 0.364. The Hall–Kier alpha value is -2.23. The van der Waals surface area contributed by atoms with Crippen LogP contribution in [0.3, 0.4) is 0 Å². The molecule has 0 saturated heterocycles. The van der Waals surface area contributed by atoms with Gasteiger partial charge in [0.2, 0.25) is 5.82 Å². The standard InChI is InChI=1S/C27H33F3O/c1-3-5-6-7-22-15-12-20(18-24(22)28)9-8-19-10-13-21(14-11-19)23-16-17-25(31-4-2)27(30)26(23)29/h8-9,12,15-19,21H,3-7,10-11,13-14H2,1-2H3. The first-order valence-corrected chi connectivity index (χ1v) is 11.6. The zero-order chi connectivity index (χ0) is 22.2. The highest BCUT2D eigenvalue weighted by Gasteiger charge is 2.25. The number of ether oxygens (including phenoxy) is 1. The fourth-order valence-electron chi connectivity index (χ4n) is 4.43. The molecular weight excluding hydrogens is 397 g/mol. The van der Waals surface area contributed by atoms with Crippen LogP contribution in [0.15, 0.2) is 36.4 Å². The summed E-state index contributed by atoms with van der Waals surface area (Å²) in [7, 11) is 0. The molecule has 2 aromatic carbocycles. The van der Waals surface area contributed by atoms with Gasteiger partial charge in [-0.15, -0.1) is 0 Å². The van der Waals surface area contributed by atoms with Crippen molar-refractivity contribution in [3.63, 3.8) is 0 Å². The molecule has 0 aliphatic heterocycles. The van der Waals surface area contributed by atoms with Crippen LogP contribution in [0.2, 0.25) is 0 Å². The normalized spacial score (nSPS) is 19.1. The van der Waals surface area contributed by atoms with Crippen molar-refractivity contribution < 1.29 is 17.9 Å². The van der Waals surface area contributed by atoms with Crippen molar-refractivity contribution >= 4 is 6.08 Å². The summed E-state index contributed by atoms with van der Waals surface area (Å²) >= 11 is 0. The van der Waals surface area contributed by atoms with Gasteiger partial charge in [0.05, 0.1) is 6.61 Å². The summed E-state index contributed by atoms with van der Waals surface area (Å²) in [5.41, 5.74) is 2.11. The van der Waals surface area contributed by atoms with Gasteiger partial charge < -0.3 is 4.74 Å². The highest BCUT2D eigenvalue weighted by Crippen LogP contribution is 2.39. The molecule has 1 fully saturated rings. The summed E-state index contributed by atoms with van der Waals surface area (Å²) in [6.07, 6.45) is 11.6. The average molecular weight is 431 g/mol. The number of allylic oxidation sites excluding steroid dienone is 1. The van der Waals surface area contributed by atoms with Crippen LogP contribution in [-0.2, 0) is 6.42 Å². The molecule has 0 atom stereocenters. The molecule has 0 unspecified atom stereocenters. The lowest BCUT2D eigenvalue weighted by Crippen LogP contribution is -2.14. The van der Waals surface area contributed by atoms with Gasteiger partial charge in [-0.05, 0) is 86.1 Å². The van der Waals surface area contributed by atoms with E-state index in [1.165, 1.54) is 6.07 Å². The van der Waals surface area contributed by atoms with Gasteiger partial charge in [-0.2, -0.15) is 4.39 Å². The molecule has 1 saturated carbocycles. The Labute approximate surface area is 184 Å². The maximum absolute atomic E-state index is 14.5. The molecule has 0 N–H and O–H groups in total. The molecular formula is C27H33F3O. The van der Waals surface area contributed by atoms with Gasteiger partial charge in [0, 0.05) is 0 Å². The molecule has 2 aromatic rings. The van der Waals surface area contributed by atoms with Crippen LogP contribution in [0.1, 0.15) is 81.4 Å². The van der Waals surface area contributed by atoms with Gasteiger partial charge in [0.25, 0.3) is 0 Å².